The normalized spacial score (nSPS) is 10.3. The van der Waals surface area contributed by atoms with Gasteiger partial charge in [0, 0.05) is 12.1 Å². The molecule has 3 aromatic rings. The van der Waals surface area contributed by atoms with Crippen LogP contribution in [0.2, 0.25) is 0 Å². The minimum Gasteiger partial charge on any atom is -0.350 e. The Labute approximate surface area is 148 Å². The quantitative estimate of drug-likeness (QED) is 0.702. The van der Waals surface area contributed by atoms with Crippen molar-refractivity contribution < 1.29 is 14.0 Å². The average Bonchev–Trinajstić information content (AvgIpc) is 3.19. The molecule has 2 aromatic carbocycles. The molecule has 0 aliphatic rings. The number of nitrogens with one attached hydrogen (secondary N) is 2. The van der Waals surface area contributed by atoms with Gasteiger partial charge in [-0.3, -0.25) is 9.59 Å². The van der Waals surface area contributed by atoms with Gasteiger partial charge in [0.15, 0.2) is 0 Å². The molecule has 2 amide bonds. The molecule has 0 fully saturated rings. The van der Waals surface area contributed by atoms with E-state index in [-0.39, 0.29) is 18.0 Å². The summed E-state index contributed by atoms with van der Waals surface area (Å²) in [5.74, 6) is -1.34. The number of hydrogen-bond acceptors (Lipinski definition) is 4. The van der Waals surface area contributed by atoms with E-state index < -0.39 is 11.7 Å². The Balaban J connectivity index is 1.46. The summed E-state index contributed by atoms with van der Waals surface area (Å²) in [6, 6.07) is 12.7. The summed E-state index contributed by atoms with van der Waals surface area (Å²) < 4.78 is 14.7. The third kappa shape index (κ3) is 4.50. The van der Waals surface area contributed by atoms with Gasteiger partial charge in [-0.2, -0.15) is 5.10 Å². The van der Waals surface area contributed by atoms with Crippen LogP contribution in [0.4, 0.5) is 4.39 Å². The number of benzene rings is 2. The van der Waals surface area contributed by atoms with Crippen LogP contribution >= 0.6 is 0 Å². The number of nitrogens with zero attached hydrogens (tertiary/aromatic N) is 3. The van der Waals surface area contributed by atoms with Crippen molar-refractivity contribution in [3.05, 3.63) is 78.1 Å². The van der Waals surface area contributed by atoms with Gasteiger partial charge in [-0.25, -0.2) is 14.1 Å². The molecule has 1 aromatic heterocycles. The monoisotopic (exact) mass is 353 g/mol. The van der Waals surface area contributed by atoms with Crippen LogP contribution in [0.1, 0.15) is 15.9 Å². The molecular formula is C18H16FN5O2. The molecule has 0 spiro atoms. The Hall–Kier alpha value is -3.55. The van der Waals surface area contributed by atoms with E-state index in [2.05, 4.69) is 20.7 Å². The van der Waals surface area contributed by atoms with Crippen molar-refractivity contribution in [1.29, 1.82) is 0 Å². The summed E-state index contributed by atoms with van der Waals surface area (Å²) in [5.41, 5.74) is 1.93. The minimum atomic E-state index is -0.503. The Morgan fingerprint density at radius 3 is 2.58 bits per heavy atom. The number of rotatable bonds is 6. The van der Waals surface area contributed by atoms with Gasteiger partial charge >= 0.3 is 0 Å². The zero-order valence-electron chi connectivity index (χ0n) is 13.7. The zero-order chi connectivity index (χ0) is 18.4. The first kappa shape index (κ1) is 17.3. The summed E-state index contributed by atoms with van der Waals surface area (Å²) in [6.45, 7) is 0.138. The average molecular weight is 353 g/mol. The van der Waals surface area contributed by atoms with Crippen molar-refractivity contribution in [1.82, 2.24) is 25.4 Å². The fraction of sp³-hybridized carbons (Fsp3) is 0.111. The first-order valence-corrected chi connectivity index (χ1v) is 7.86. The van der Waals surface area contributed by atoms with Crippen LogP contribution in [0.25, 0.3) is 5.69 Å². The topological polar surface area (TPSA) is 88.9 Å². The maximum Gasteiger partial charge on any atom is 0.251 e. The molecule has 8 heteroatoms. The van der Waals surface area contributed by atoms with E-state index in [9.17, 15) is 14.0 Å². The number of amides is 2. The van der Waals surface area contributed by atoms with Crippen LogP contribution in [0.5, 0.6) is 0 Å². The molecule has 2 N–H and O–H groups in total. The van der Waals surface area contributed by atoms with Gasteiger partial charge in [0.2, 0.25) is 5.91 Å². The molecule has 0 saturated carbocycles. The fourth-order valence-electron chi connectivity index (χ4n) is 2.26. The van der Waals surface area contributed by atoms with Crippen molar-refractivity contribution in [2.75, 3.05) is 6.54 Å². The fourth-order valence-corrected chi connectivity index (χ4v) is 2.26. The van der Waals surface area contributed by atoms with Crippen molar-refractivity contribution in [3.63, 3.8) is 0 Å². The second kappa shape index (κ2) is 8.02. The number of carbonyl (C=O) groups is 2. The van der Waals surface area contributed by atoms with Crippen molar-refractivity contribution in [2.45, 2.75) is 6.54 Å². The molecule has 0 unspecified atom stereocenters. The summed E-state index contributed by atoms with van der Waals surface area (Å²) in [6.07, 6.45) is 3.05. The van der Waals surface area contributed by atoms with E-state index in [0.717, 1.165) is 17.3 Å². The Morgan fingerprint density at radius 1 is 1.08 bits per heavy atom. The zero-order valence-corrected chi connectivity index (χ0v) is 13.7. The lowest BCUT2D eigenvalue weighted by atomic mass is 10.2. The molecule has 26 heavy (non-hydrogen) atoms. The Bertz CT molecular complexity index is 894. The number of aromatic nitrogens is 3. The van der Waals surface area contributed by atoms with Gasteiger partial charge in [0.25, 0.3) is 5.91 Å². The van der Waals surface area contributed by atoms with Gasteiger partial charge in [-0.05, 0) is 35.9 Å². The lowest BCUT2D eigenvalue weighted by Gasteiger charge is -2.08. The highest BCUT2D eigenvalue weighted by Crippen LogP contribution is 2.07. The maximum atomic E-state index is 13.1. The van der Waals surface area contributed by atoms with E-state index in [0.29, 0.717) is 6.54 Å². The molecule has 0 aliphatic heterocycles. The summed E-state index contributed by atoms with van der Waals surface area (Å²) in [4.78, 5) is 27.6. The van der Waals surface area contributed by atoms with Crippen molar-refractivity contribution >= 4 is 11.8 Å². The van der Waals surface area contributed by atoms with Gasteiger partial charge in [0.05, 0.1) is 12.2 Å². The van der Waals surface area contributed by atoms with Crippen LogP contribution < -0.4 is 10.6 Å². The Morgan fingerprint density at radius 2 is 1.88 bits per heavy atom. The molecule has 0 bridgehead atoms. The predicted octanol–water partition coefficient (Wildman–Crippen LogP) is 1.45. The van der Waals surface area contributed by atoms with Crippen LogP contribution in [0.15, 0.2) is 61.2 Å². The molecule has 0 radical (unpaired) electrons. The second-order valence-electron chi connectivity index (χ2n) is 5.48. The molecule has 0 saturated heterocycles. The van der Waals surface area contributed by atoms with Gasteiger partial charge in [-0.15, -0.1) is 0 Å². The predicted molar refractivity (Wildman–Crippen MR) is 91.9 cm³/mol. The first-order valence-electron chi connectivity index (χ1n) is 7.86. The summed E-state index contributed by atoms with van der Waals surface area (Å²) >= 11 is 0. The van der Waals surface area contributed by atoms with E-state index in [1.807, 2.05) is 24.3 Å². The van der Waals surface area contributed by atoms with E-state index >= 15 is 0 Å². The number of hydrogen-bond donors (Lipinski definition) is 2. The maximum absolute atomic E-state index is 13.1. The smallest absolute Gasteiger partial charge is 0.251 e. The van der Waals surface area contributed by atoms with Crippen LogP contribution in [0.3, 0.4) is 0 Å². The highest BCUT2D eigenvalue weighted by molar-refractivity contribution is 5.96. The number of halogens is 1. The van der Waals surface area contributed by atoms with Crippen LogP contribution in [-0.2, 0) is 11.3 Å². The largest absolute Gasteiger partial charge is 0.350 e. The lowest BCUT2D eigenvalue weighted by Crippen LogP contribution is -2.36. The SMILES string of the molecule is O=C(CNC(=O)c1cccc(F)c1)NCc1ccc(-n2cncn2)cc1. The molecule has 0 aliphatic carbocycles. The van der Waals surface area contributed by atoms with E-state index in [1.165, 1.54) is 24.5 Å². The molecule has 132 valence electrons. The highest BCUT2D eigenvalue weighted by Gasteiger charge is 2.08. The molecule has 1 heterocycles. The van der Waals surface area contributed by atoms with Crippen LogP contribution in [-0.4, -0.2) is 33.1 Å². The molecular weight excluding hydrogens is 337 g/mol. The summed E-state index contributed by atoms with van der Waals surface area (Å²) in [5, 5.41) is 9.20. The number of carbonyl (C=O) groups excluding carboxylic acids is 2. The minimum absolute atomic E-state index is 0.168. The van der Waals surface area contributed by atoms with Crippen molar-refractivity contribution in [3.8, 4) is 5.69 Å². The highest BCUT2D eigenvalue weighted by atomic mass is 19.1. The van der Waals surface area contributed by atoms with Crippen LogP contribution in [0, 0.1) is 5.82 Å². The van der Waals surface area contributed by atoms with Crippen molar-refractivity contribution in [2.24, 2.45) is 0 Å². The standard InChI is InChI=1S/C18H16FN5O2/c19-15-3-1-2-14(8-15)18(26)22-10-17(25)21-9-13-4-6-16(7-5-13)24-12-20-11-23-24/h1-8,11-12H,9-10H2,(H,21,25)(H,22,26). The lowest BCUT2D eigenvalue weighted by molar-refractivity contribution is -0.120. The van der Waals surface area contributed by atoms with Gasteiger partial charge in [-0.1, -0.05) is 18.2 Å². The van der Waals surface area contributed by atoms with Gasteiger partial charge in [0.1, 0.15) is 18.5 Å². The first-order chi connectivity index (χ1) is 12.6. The van der Waals surface area contributed by atoms with Gasteiger partial charge < -0.3 is 10.6 Å². The second-order valence-corrected chi connectivity index (χ2v) is 5.48. The Kier molecular flexibility index (Phi) is 5.33. The third-order valence-corrected chi connectivity index (χ3v) is 3.61. The summed E-state index contributed by atoms with van der Waals surface area (Å²) in [7, 11) is 0. The third-order valence-electron chi connectivity index (χ3n) is 3.61. The van der Waals surface area contributed by atoms with E-state index in [1.54, 1.807) is 11.0 Å². The molecule has 7 nitrogen and oxygen atoms in total. The van der Waals surface area contributed by atoms with E-state index in [4.69, 9.17) is 0 Å². The molecule has 0 atom stereocenters. The molecule has 3 rings (SSSR count).